The first-order valence-electron chi connectivity index (χ1n) is 6.27. The van der Waals surface area contributed by atoms with Gasteiger partial charge in [-0.25, -0.2) is 0 Å². The van der Waals surface area contributed by atoms with E-state index in [-0.39, 0.29) is 18.4 Å². The van der Waals surface area contributed by atoms with E-state index in [2.05, 4.69) is 5.32 Å². The number of para-hydroxylation sites is 1. The summed E-state index contributed by atoms with van der Waals surface area (Å²) in [5.41, 5.74) is 1.68. The summed E-state index contributed by atoms with van der Waals surface area (Å²) >= 11 is 1.57. The lowest BCUT2D eigenvalue weighted by molar-refractivity contribution is -0.129. The van der Waals surface area contributed by atoms with E-state index in [1.807, 2.05) is 44.4 Å². The van der Waals surface area contributed by atoms with Crippen LogP contribution in [-0.2, 0) is 9.59 Å². The number of hydrogen-bond donors (Lipinski definition) is 1. The molecule has 1 aromatic carbocycles. The smallest absolute Gasteiger partial charge is 0.246 e. The van der Waals surface area contributed by atoms with E-state index in [1.54, 1.807) is 18.8 Å². The first-order chi connectivity index (χ1) is 9.43. The van der Waals surface area contributed by atoms with Crippen LogP contribution in [0.3, 0.4) is 0 Å². The molecular weight excluding hydrogens is 272 g/mol. The number of hydrogen-bond acceptors (Lipinski definition) is 3. The molecule has 0 saturated heterocycles. The molecule has 0 heterocycles. The summed E-state index contributed by atoms with van der Waals surface area (Å²) in [4.78, 5) is 26.1. The highest BCUT2D eigenvalue weighted by atomic mass is 32.2. The van der Waals surface area contributed by atoms with Crippen molar-refractivity contribution in [1.29, 1.82) is 0 Å². The predicted molar refractivity (Wildman–Crippen MR) is 83.9 cm³/mol. The van der Waals surface area contributed by atoms with Crippen LogP contribution in [0.25, 0.3) is 0 Å². The minimum Gasteiger partial charge on any atom is -0.333 e. The van der Waals surface area contributed by atoms with Gasteiger partial charge < -0.3 is 10.2 Å². The van der Waals surface area contributed by atoms with Gasteiger partial charge in [-0.15, -0.1) is 11.8 Å². The molecule has 0 saturated carbocycles. The van der Waals surface area contributed by atoms with Crippen LogP contribution >= 0.6 is 11.8 Å². The lowest BCUT2D eigenvalue weighted by Crippen LogP contribution is -2.34. The van der Waals surface area contributed by atoms with Gasteiger partial charge in [0.05, 0.1) is 12.2 Å². The number of likely N-dealkylation sites (N-methyl/N-ethyl adjacent to an activating group) is 1. The van der Waals surface area contributed by atoms with Gasteiger partial charge in [0, 0.05) is 18.0 Å². The topological polar surface area (TPSA) is 49.4 Å². The molecule has 1 N–H and O–H groups in total. The molecule has 20 heavy (non-hydrogen) atoms. The third-order valence-corrected chi connectivity index (χ3v) is 3.35. The first-order valence-corrected chi connectivity index (χ1v) is 7.49. The molecule has 0 aromatic heterocycles. The van der Waals surface area contributed by atoms with Crippen LogP contribution in [0.5, 0.6) is 0 Å². The molecule has 0 aliphatic heterocycles. The molecule has 2 amide bonds. The molecule has 108 valence electrons. The quantitative estimate of drug-likeness (QED) is 0.670. The van der Waals surface area contributed by atoms with Crippen molar-refractivity contribution >= 4 is 29.3 Å². The van der Waals surface area contributed by atoms with Gasteiger partial charge >= 0.3 is 0 Å². The Morgan fingerprint density at radius 1 is 1.30 bits per heavy atom. The number of rotatable bonds is 5. The number of benzene rings is 1. The molecule has 0 radical (unpaired) electrons. The minimum absolute atomic E-state index is 0.0331. The van der Waals surface area contributed by atoms with Crippen LogP contribution < -0.4 is 5.32 Å². The molecule has 0 aliphatic carbocycles. The van der Waals surface area contributed by atoms with E-state index in [0.717, 1.165) is 16.2 Å². The zero-order valence-electron chi connectivity index (χ0n) is 12.3. The van der Waals surface area contributed by atoms with Gasteiger partial charge in [0.25, 0.3) is 0 Å². The second kappa shape index (κ2) is 7.75. The molecule has 0 spiro atoms. The SMILES string of the molecule is CSc1ccccc1NC(=O)CN(C)C(=O)C=C(C)C. The van der Waals surface area contributed by atoms with Gasteiger partial charge in [-0.3, -0.25) is 9.59 Å². The van der Waals surface area contributed by atoms with E-state index < -0.39 is 0 Å². The number of anilines is 1. The molecule has 0 unspecified atom stereocenters. The molecule has 0 bridgehead atoms. The molecule has 5 heteroatoms. The van der Waals surface area contributed by atoms with Crippen molar-refractivity contribution < 1.29 is 9.59 Å². The second-order valence-corrected chi connectivity index (χ2v) is 5.51. The largest absolute Gasteiger partial charge is 0.333 e. The van der Waals surface area contributed by atoms with Gasteiger partial charge in [0.2, 0.25) is 11.8 Å². The maximum atomic E-state index is 11.9. The summed E-state index contributed by atoms with van der Waals surface area (Å²) < 4.78 is 0. The summed E-state index contributed by atoms with van der Waals surface area (Å²) in [6, 6.07) is 7.58. The molecule has 1 aromatic rings. The fourth-order valence-electron chi connectivity index (χ4n) is 1.59. The first kappa shape index (κ1) is 16.3. The van der Waals surface area contributed by atoms with E-state index in [4.69, 9.17) is 0 Å². The van der Waals surface area contributed by atoms with Crippen LogP contribution in [-0.4, -0.2) is 36.6 Å². The van der Waals surface area contributed by atoms with Gasteiger partial charge in [-0.2, -0.15) is 0 Å². The second-order valence-electron chi connectivity index (χ2n) is 4.66. The Hall–Kier alpha value is -1.75. The third-order valence-electron chi connectivity index (χ3n) is 2.55. The predicted octanol–water partition coefficient (Wildman–Crippen LogP) is 2.77. The van der Waals surface area contributed by atoms with Crippen LogP contribution in [0.15, 0.2) is 40.8 Å². The van der Waals surface area contributed by atoms with E-state index in [1.165, 1.54) is 11.0 Å². The average Bonchev–Trinajstić information content (AvgIpc) is 2.38. The Morgan fingerprint density at radius 3 is 2.55 bits per heavy atom. The highest BCUT2D eigenvalue weighted by Crippen LogP contribution is 2.24. The van der Waals surface area contributed by atoms with Crippen molar-refractivity contribution in [3.05, 3.63) is 35.9 Å². The lowest BCUT2D eigenvalue weighted by atomic mass is 10.3. The number of carbonyl (C=O) groups is 2. The van der Waals surface area contributed by atoms with Crippen molar-refractivity contribution in [2.24, 2.45) is 0 Å². The Morgan fingerprint density at radius 2 is 1.95 bits per heavy atom. The summed E-state index contributed by atoms with van der Waals surface area (Å²) in [6.07, 6.45) is 3.47. The van der Waals surface area contributed by atoms with Crippen LogP contribution in [0.2, 0.25) is 0 Å². The van der Waals surface area contributed by atoms with Crippen LogP contribution in [0.4, 0.5) is 5.69 Å². The fourth-order valence-corrected chi connectivity index (χ4v) is 2.14. The molecule has 0 fully saturated rings. The fraction of sp³-hybridized carbons (Fsp3) is 0.333. The Labute approximate surface area is 124 Å². The lowest BCUT2D eigenvalue weighted by Gasteiger charge is -2.16. The number of nitrogens with one attached hydrogen (secondary N) is 1. The van der Waals surface area contributed by atoms with Crippen LogP contribution in [0, 0.1) is 0 Å². The van der Waals surface area contributed by atoms with Gasteiger partial charge in [-0.1, -0.05) is 17.7 Å². The minimum atomic E-state index is -0.204. The Kier molecular flexibility index (Phi) is 6.31. The van der Waals surface area contributed by atoms with E-state index in [9.17, 15) is 9.59 Å². The van der Waals surface area contributed by atoms with E-state index >= 15 is 0 Å². The Bertz CT molecular complexity index is 522. The average molecular weight is 292 g/mol. The van der Waals surface area contributed by atoms with E-state index in [0.29, 0.717) is 0 Å². The summed E-state index contributed by atoms with van der Waals surface area (Å²) in [5.74, 6) is -0.372. The summed E-state index contributed by atoms with van der Waals surface area (Å²) in [6.45, 7) is 3.73. The number of allylic oxidation sites excluding steroid dienone is 1. The number of amides is 2. The monoisotopic (exact) mass is 292 g/mol. The zero-order chi connectivity index (χ0) is 15.1. The van der Waals surface area contributed by atoms with Gasteiger partial charge in [0.15, 0.2) is 0 Å². The number of thioether (sulfide) groups is 1. The van der Waals surface area contributed by atoms with Crippen molar-refractivity contribution in [3.8, 4) is 0 Å². The van der Waals surface area contributed by atoms with Gasteiger partial charge in [0.1, 0.15) is 0 Å². The molecular formula is C15H20N2O2S. The maximum Gasteiger partial charge on any atom is 0.246 e. The molecule has 1 rings (SSSR count). The standard InChI is InChI=1S/C15H20N2O2S/c1-11(2)9-15(19)17(3)10-14(18)16-12-7-5-6-8-13(12)20-4/h5-9H,10H2,1-4H3,(H,16,18). The number of nitrogens with zero attached hydrogens (tertiary/aromatic N) is 1. The highest BCUT2D eigenvalue weighted by Gasteiger charge is 2.12. The normalized spacial score (nSPS) is 9.80. The maximum absolute atomic E-state index is 11.9. The van der Waals surface area contributed by atoms with Crippen molar-refractivity contribution in [2.45, 2.75) is 18.7 Å². The third kappa shape index (κ3) is 5.09. The molecule has 4 nitrogen and oxygen atoms in total. The van der Waals surface area contributed by atoms with Crippen molar-refractivity contribution in [2.75, 3.05) is 25.2 Å². The molecule has 0 aliphatic rings. The summed E-state index contributed by atoms with van der Waals surface area (Å²) in [5, 5.41) is 2.83. The van der Waals surface area contributed by atoms with Crippen molar-refractivity contribution in [1.82, 2.24) is 4.90 Å². The van der Waals surface area contributed by atoms with Gasteiger partial charge in [-0.05, 0) is 32.2 Å². The van der Waals surface area contributed by atoms with Crippen LogP contribution in [0.1, 0.15) is 13.8 Å². The van der Waals surface area contributed by atoms with Crippen molar-refractivity contribution in [3.63, 3.8) is 0 Å². The highest BCUT2D eigenvalue weighted by molar-refractivity contribution is 7.98. The Balaban J connectivity index is 2.64. The molecule has 0 atom stereocenters. The summed E-state index contributed by atoms with van der Waals surface area (Å²) in [7, 11) is 1.61. The number of carbonyl (C=O) groups excluding carboxylic acids is 2. The zero-order valence-corrected chi connectivity index (χ0v) is 13.1.